The second kappa shape index (κ2) is 10.8. The molecule has 7 heteroatoms. The zero-order chi connectivity index (χ0) is 22.9. The number of rotatable bonds is 4. The van der Waals surface area contributed by atoms with Crippen LogP contribution < -0.4 is 16.8 Å². The molecule has 0 aliphatic heterocycles. The van der Waals surface area contributed by atoms with E-state index >= 15 is 0 Å². The molecule has 0 atom stereocenters. The summed E-state index contributed by atoms with van der Waals surface area (Å²) in [5.41, 5.74) is 12.6. The van der Waals surface area contributed by atoms with E-state index < -0.39 is 11.6 Å². The van der Waals surface area contributed by atoms with E-state index in [9.17, 15) is 9.59 Å². The van der Waals surface area contributed by atoms with E-state index in [4.69, 9.17) is 21.2 Å². The first kappa shape index (κ1) is 23.4. The van der Waals surface area contributed by atoms with Gasteiger partial charge >= 0.3 is 5.97 Å². The number of hydrogen-bond acceptors (Lipinski definition) is 6. The fraction of sp³-hybridized carbons (Fsp3) is 0.167. The lowest BCUT2D eigenvalue weighted by atomic mass is 10.1. The Hall–Kier alpha value is -3.84. The lowest BCUT2D eigenvalue weighted by Gasteiger charge is -2.17. The molecule has 162 valence electrons. The number of hydrogen-bond donors (Lipinski definition) is 3. The van der Waals surface area contributed by atoms with Crippen LogP contribution in [0.25, 0.3) is 0 Å². The molecule has 1 amide bonds. The van der Waals surface area contributed by atoms with Gasteiger partial charge in [0.25, 0.3) is 5.91 Å². The van der Waals surface area contributed by atoms with Crippen molar-refractivity contribution in [2.24, 2.45) is 0 Å². The molecule has 3 rings (SSSR count). The molecule has 7 nitrogen and oxygen atoms in total. The maximum Gasteiger partial charge on any atom is 0.375 e. The van der Waals surface area contributed by atoms with Gasteiger partial charge in [0, 0.05) is 16.9 Å². The Morgan fingerprint density at radius 2 is 1.39 bits per heavy atom. The van der Waals surface area contributed by atoms with E-state index in [0.717, 1.165) is 5.69 Å². The highest BCUT2D eigenvalue weighted by molar-refractivity contribution is 6.08. The van der Waals surface area contributed by atoms with E-state index in [1.54, 1.807) is 51.1 Å². The predicted molar refractivity (Wildman–Crippen MR) is 122 cm³/mol. The van der Waals surface area contributed by atoms with E-state index in [0.29, 0.717) is 11.3 Å². The third-order valence-corrected chi connectivity index (χ3v) is 3.71. The van der Waals surface area contributed by atoms with Gasteiger partial charge in [-0.15, -0.1) is 0 Å². The number of carbonyl (C=O) groups is 2. The first-order valence-electron chi connectivity index (χ1n) is 9.62. The van der Waals surface area contributed by atoms with Crippen molar-refractivity contribution in [1.82, 2.24) is 0 Å². The van der Waals surface area contributed by atoms with Gasteiger partial charge in [-0.3, -0.25) is 9.68 Å². The van der Waals surface area contributed by atoms with E-state index in [-0.39, 0.29) is 17.2 Å². The minimum atomic E-state index is -0.715. The van der Waals surface area contributed by atoms with Crippen molar-refractivity contribution in [2.45, 2.75) is 26.4 Å². The van der Waals surface area contributed by atoms with Crippen molar-refractivity contribution in [3.8, 4) is 0 Å². The molecule has 0 aromatic heterocycles. The Labute approximate surface area is 181 Å². The molecule has 0 aliphatic carbocycles. The van der Waals surface area contributed by atoms with Crippen molar-refractivity contribution >= 4 is 28.9 Å². The summed E-state index contributed by atoms with van der Waals surface area (Å²) in [7, 11) is 0. The summed E-state index contributed by atoms with van der Waals surface area (Å²) in [4.78, 5) is 34.3. The molecule has 3 aromatic rings. The van der Waals surface area contributed by atoms with E-state index in [1.165, 1.54) is 12.1 Å². The minimum absolute atomic E-state index is 0.151. The normalized spacial score (nSPS) is 10.4. The quantitative estimate of drug-likeness (QED) is 0.320. The molecule has 0 spiro atoms. The van der Waals surface area contributed by atoms with Gasteiger partial charge in [0.15, 0.2) is 0 Å². The topological polar surface area (TPSA) is 117 Å². The molecule has 0 saturated heterocycles. The van der Waals surface area contributed by atoms with Crippen molar-refractivity contribution in [2.75, 3.05) is 16.8 Å². The monoisotopic (exact) mass is 421 g/mol. The Bertz CT molecular complexity index is 1000. The van der Waals surface area contributed by atoms with Crippen LogP contribution in [-0.4, -0.2) is 17.5 Å². The number of benzene rings is 3. The predicted octanol–water partition coefficient (Wildman–Crippen LogP) is 4.68. The minimum Gasteiger partial charge on any atom is -0.399 e. The molecule has 31 heavy (non-hydrogen) atoms. The lowest BCUT2D eigenvalue weighted by Crippen LogP contribution is -2.23. The Balaban J connectivity index is 0.000000412. The van der Waals surface area contributed by atoms with Crippen LogP contribution in [0.3, 0.4) is 0 Å². The third-order valence-electron chi connectivity index (χ3n) is 3.71. The molecule has 0 saturated carbocycles. The highest BCUT2D eigenvalue weighted by Crippen LogP contribution is 2.22. The highest BCUT2D eigenvalue weighted by Gasteiger charge is 2.20. The molecule has 0 aliphatic rings. The Morgan fingerprint density at radius 1 is 0.806 bits per heavy atom. The van der Waals surface area contributed by atoms with Crippen LogP contribution in [0, 0.1) is 0 Å². The molecule has 3 aromatic carbocycles. The SMILES string of the molecule is CC(C)(C)OOC(=O)c1ccc(N)cc1NC(=O)c1ccccc1.Nc1ccccc1. The molecule has 0 bridgehead atoms. The fourth-order valence-corrected chi connectivity index (χ4v) is 2.29. The molecule has 5 N–H and O–H groups in total. The number of nitrogens with one attached hydrogen (secondary N) is 1. The van der Waals surface area contributed by atoms with Crippen LogP contribution in [0.5, 0.6) is 0 Å². The van der Waals surface area contributed by atoms with Crippen LogP contribution in [0.2, 0.25) is 0 Å². The van der Waals surface area contributed by atoms with Gasteiger partial charge in [-0.25, -0.2) is 4.79 Å². The average molecular weight is 421 g/mol. The second-order valence-corrected chi connectivity index (χ2v) is 7.60. The fourth-order valence-electron chi connectivity index (χ4n) is 2.29. The number of nitrogens with two attached hydrogens (primary N) is 2. The molecule has 0 radical (unpaired) electrons. The van der Waals surface area contributed by atoms with Gasteiger partial charge in [0.05, 0.1) is 11.3 Å². The zero-order valence-corrected chi connectivity index (χ0v) is 17.8. The maximum absolute atomic E-state index is 12.3. The molecule has 0 fully saturated rings. The van der Waals surface area contributed by atoms with Crippen molar-refractivity contribution in [1.29, 1.82) is 0 Å². The second-order valence-electron chi connectivity index (χ2n) is 7.60. The van der Waals surface area contributed by atoms with Crippen LogP contribution in [0.1, 0.15) is 41.5 Å². The van der Waals surface area contributed by atoms with Crippen molar-refractivity contribution in [3.63, 3.8) is 0 Å². The van der Waals surface area contributed by atoms with Crippen molar-refractivity contribution in [3.05, 3.63) is 90.0 Å². The number of amides is 1. The highest BCUT2D eigenvalue weighted by atomic mass is 17.2. The average Bonchev–Trinajstić information content (AvgIpc) is 2.73. The Kier molecular flexibility index (Phi) is 8.16. The summed E-state index contributed by atoms with van der Waals surface area (Å²) in [5, 5.41) is 2.67. The zero-order valence-electron chi connectivity index (χ0n) is 17.8. The van der Waals surface area contributed by atoms with Gasteiger partial charge in [-0.05, 0) is 63.2 Å². The largest absolute Gasteiger partial charge is 0.399 e. The Morgan fingerprint density at radius 3 is 1.90 bits per heavy atom. The summed E-state index contributed by atoms with van der Waals surface area (Å²) in [5.74, 6) is -1.07. The van der Waals surface area contributed by atoms with E-state index in [2.05, 4.69) is 5.32 Å². The van der Waals surface area contributed by atoms with Gasteiger partial charge in [0.2, 0.25) is 0 Å². The van der Waals surface area contributed by atoms with Crippen LogP contribution in [0.4, 0.5) is 17.1 Å². The lowest BCUT2D eigenvalue weighted by molar-refractivity contribution is -0.301. The standard InChI is InChI=1S/C18H20N2O4.C6H7N/c1-18(2,3)24-23-17(22)14-10-9-13(19)11-15(14)20-16(21)12-7-5-4-6-8-12;7-6-4-2-1-3-5-6/h4-11H,19H2,1-3H3,(H,20,21);1-5H,7H2. The molecular weight excluding hydrogens is 394 g/mol. The summed E-state index contributed by atoms with van der Waals surface area (Å²) in [6.45, 7) is 5.25. The number of nitrogen functional groups attached to an aromatic ring is 2. The number of para-hydroxylation sites is 1. The maximum atomic E-state index is 12.3. The summed E-state index contributed by atoms with van der Waals surface area (Å²) < 4.78 is 0. The first-order chi connectivity index (χ1) is 14.7. The first-order valence-corrected chi connectivity index (χ1v) is 9.62. The summed E-state index contributed by atoms with van der Waals surface area (Å²) in [6, 6.07) is 22.7. The van der Waals surface area contributed by atoms with Crippen LogP contribution in [0.15, 0.2) is 78.9 Å². The summed E-state index contributed by atoms with van der Waals surface area (Å²) >= 11 is 0. The number of anilines is 3. The van der Waals surface area contributed by atoms with E-state index in [1.807, 2.05) is 36.4 Å². The summed E-state index contributed by atoms with van der Waals surface area (Å²) in [6.07, 6.45) is 0. The van der Waals surface area contributed by atoms with Gasteiger partial charge < -0.3 is 16.8 Å². The van der Waals surface area contributed by atoms with Crippen LogP contribution in [-0.2, 0) is 9.78 Å². The molecule has 0 unspecified atom stereocenters. The molecule has 0 heterocycles. The molecular formula is C24H27N3O4. The van der Waals surface area contributed by atoms with Gasteiger partial charge in [-0.2, -0.15) is 4.89 Å². The van der Waals surface area contributed by atoms with Crippen molar-refractivity contribution < 1.29 is 19.4 Å². The van der Waals surface area contributed by atoms with Crippen LogP contribution >= 0.6 is 0 Å². The van der Waals surface area contributed by atoms with Gasteiger partial charge in [-0.1, -0.05) is 36.4 Å². The van der Waals surface area contributed by atoms with Gasteiger partial charge in [0.1, 0.15) is 5.60 Å². The third kappa shape index (κ3) is 8.20. The number of carbonyl (C=O) groups excluding carboxylic acids is 2. The smallest absolute Gasteiger partial charge is 0.375 e.